The first-order chi connectivity index (χ1) is 18.1. The highest BCUT2D eigenvalue weighted by molar-refractivity contribution is 7.21. The first-order valence-electron chi connectivity index (χ1n) is 13.3. The number of aryl methyl sites for hydroxylation is 1. The second kappa shape index (κ2) is 9.45. The van der Waals surface area contributed by atoms with Crippen LogP contribution in [0.25, 0.3) is 20.8 Å². The average molecular weight is 540 g/mol. The van der Waals surface area contributed by atoms with Crippen LogP contribution in [-0.4, -0.2) is 37.7 Å². The van der Waals surface area contributed by atoms with Crippen molar-refractivity contribution in [3.05, 3.63) is 65.2 Å². The predicted octanol–water partition coefficient (Wildman–Crippen LogP) is 7.06. The maximum atomic E-state index is 14.2. The Morgan fingerprint density at radius 2 is 1.92 bits per heavy atom. The van der Waals surface area contributed by atoms with Gasteiger partial charge in [-0.05, 0) is 73.4 Å². The maximum absolute atomic E-state index is 14.2. The van der Waals surface area contributed by atoms with Gasteiger partial charge < -0.3 is 4.57 Å². The number of hydrogen-bond donors (Lipinski definition) is 0. The number of fused-ring (bicyclic) bond motifs is 1. The van der Waals surface area contributed by atoms with Crippen LogP contribution in [0.4, 0.5) is 13.2 Å². The molecule has 9 heteroatoms. The van der Waals surface area contributed by atoms with Crippen LogP contribution in [0.5, 0.6) is 0 Å². The van der Waals surface area contributed by atoms with Crippen LogP contribution in [0.3, 0.4) is 0 Å². The minimum atomic E-state index is -4.44. The van der Waals surface area contributed by atoms with E-state index < -0.39 is 11.7 Å². The number of benzene rings is 2. The second-order valence-electron chi connectivity index (χ2n) is 11.4. The zero-order valence-electron chi connectivity index (χ0n) is 21.9. The molecule has 4 aromatic rings. The Labute approximate surface area is 224 Å². The summed E-state index contributed by atoms with van der Waals surface area (Å²) in [4.78, 5) is 7.02. The third-order valence-electron chi connectivity index (χ3n) is 8.20. The van der Waals surface area contributed by atoms with Crippen LogP contribution in [-0.2, 0) is 25.2 Å². The minimum Gasteiger partial charge on any atom is -0.320 e. The van der Waals surface area contributed by atoms with Gasteiger partial charge >= 0.3 is 6.18 Å². The van der Waals surface area contributed by atoms with Crippen LogP contribution in [0.15, 0.2) is 42.7 Å². The summed E-state index contributed by atoms with van der Waals surface area (Å²) in [6.45, 7) is 6.79. The molecule has 0 radical (unpaired) electrons. The largest absolute Gasteiger partial charge is 0.417 e. The van der Waals surface area contributed by atoms with Crippen molar-refractivity contribution >= 4 is 21.6 Å². The van der Waals surface area contributed by atoms with Crippen LogP contribution in [0, 0.1) is 11.8 Å². The molecule has 38 heavy (non-hydrogen) atoms. The summed E-state index contributed by atoms with van der Waals surface area (Å²) in [6.07, 6.45) is 1.46. The molecule has 6 rings (SSSR count). The van der Waals surface area contributed by atoms with Gasteiger partial charge in [-0.15, -0.1) is 21.5 Å². The fourth-order valence-electron chi connectivity index (χ4n) is 6.55. The molecule has 200 valence electrons. The van der Waals surface area contributed by atoms with Crippen molar-refractivity contribution in [1.29, 1.82) is 0 Å². The summed E-state index contributed by atoms with van der Waals surface area (Å²) < 4.78 is 44.8. The standard InChI is InChI=1S/C29H32F3N5S/c1-18-6-5-9-37(15-18)16-20-10-23(29(30,31)32)25-24(11-20)34-26(38-25)21-7-4-8-22(12-21)28(13-19(2)14-28)27-35-33-17-36(27)3/h4,7-8,10-12,17-19H,5-6,9,13-16H2,1-3H3/t18-,19?,28?/m0/s1. The van der Waals surface area contributed by atoms with Gasteiger partial charge in [0.25, 0.3) is 0 Å². The van der Waals surface area contributed by atoms with Gasteiger partial charge in [0.2, 0.25) is 0 Å². The topological polar surface area (TPSA) is 46.8 Å². The quantitative estimate of drug-likeness (QED) is 0.272. The van der Waals surface area contributed by atoms with Crippen molar-refractivity contribution in [3.8, 4) is 10.6 Å². The van der Waals surface area contributed by atoms with Crippen molar-refractivity contribution in [2.24, 2.45) is 18.9 Å². The van der Waals surface area contributed by atoms with E-state index in [1.165, 1.54) is 12.5 Å². The Morgan fingerprint density at radius 1 is 1.11 bits per heavy atom. The number of aromatic nitrogens is 4. The van der Waals surface area contributed by atoms with E-state index in [-0.39, 0.29) is 10.1 Å². The Hall–Kier alpha value is -2.78. The molecule has 0 N–H and O–H groups in total. The summed E-state index contributed by atoms with van der Waals surface area (Å²) in [5, 5.41) is 9.15. The van der Waals surface area contributed by atoms with Gasteiger partial charge in [0.05, 0.1) is 21.2 Å². The molecule has 1 aliphatic heterocycles. The van der Waals surface area contributed by atoms with Gasteiger partial charge in [-0.2, -0.15) is 13.2 Å². The average Bonchev–Trinajstić information content (AvgIpc) is 3.47. The lowest BCUT2D eigenvalue weighted by atomic mass is 9.58. The highest BCUT2D eigenvalue weighted by Gasteiger charge is 2.48. The SMILES string of the molecule is CC1CC(c2cccc(-c3nc4cc(CN5CCC[C@H](C)C5)cc(C(F)(F)F)c4s3)c2)(c2nncn2C)C1. The molecule has 3 heterocycles. The number of rotatable bonds is 5. The Balaban J connectivity index is 1.39. The molecule has 1 saturated carbocycles. The third-order valence-corrected chi connectivity index (χ3v) is 9.35. The predicted molar refractivity (Wildman–Crippen MR) is 144 cm³/mol. The number of halogens is 3. The molecule has 0 unspecified atom stereocenters. The fourth-order valence-corrected chi connectivity index (χ4v) is 7.62. The van der Waals surface area contributed by atoms with Gasteiger partial charge in [0.1, 0.15) is 17.2 Å². The van der Waals surface area contributed by atoms with E-state index in [1.54, 1.807) is 6.33 Å². The molecular weight excluding hydrogens is 507 g/mol. The molecule has 1 saturated heterocycles. The number of likely N-dealkylation sites (tertiary alicyclic amines) is 1. The molecule has 2 aromatic heterocycles. The molecule has 0 spiro atoms. The van der Waals surface area contributed by atoms with Crippen molar-refractivity contribution < 1.29 is 13.2 Å². The van der Waals surface area contributed by atoms with E-state index in [4.69, 9.17) is 4.98 Å². The smallest absolute Gasteiger partial charge is 0.320 e. The fraction of sp³-hybridized carbons (Fsp3) is 0.483. The molecule has 2 aromatic carbocycles. The molecule has 0 bridgehead atoms. The summed E-state index contributed by atoms with van der Waals surface area (Å²) in [5.74, 6) is 2.05. The first-order valence-corrected chi connectivity index (χ1v) is 14.1. The van der Waals surface area contributed by atoms with Crippen molar-refractivity contribution in [2.45, 2.75) is 57.7 Å². The number of thiazole rings is 1. The van der Waals surface area contributed by atoms with Crippen LogP contribution >= 0.6 is 11.3 Å². The number of piperidine rings is 1. The third kappa shape index (κ3) is 4.53. The zero-order chi connectivity index (χ0) is 26.7. The van der Waals surface area contributed by atoms with Crippen molar-refractivity contribution in [1.82, 2.24) is 24.6 Å². The summed E-state index contributed by atoms with van der Waals surface area (Å²) >= 11 is 1.13. The number of nitrogens with zero attached hydrogens (tertiary/aromatic N) is 5. The summed E-state index contributed by atoms with van der Waals surface area (Å²) in [5.41, 5.74) is 2.22. The van der Waals surface area contributed by atoms with E-state index in [1.807, 2.05) is 29.8 Å². The highest BCUT2D eigenvalue weighted by Crippen LogP contribution is 2.52. The molecule has 1 atom stereocenters. The molecule has 0 amide bonds. The lowest BCUT2D eigenvalue weighted by molar-refractivity contribution is -0.136. The van der Waals surface area contributed by atoms with Crippen molar-refractivity contribution in [3.63, 3.8) is 0 Å². The zero-order valence-corrected chi connectivity index (χ0v) is 22.7. The van der Waals surface area contributed by atoms with Crippen LogP contribution in [0.1, 0.15) is 62.0 Å². The van der Waals surface area contributed by atoms with Gasteiger partial charge in [0.15, 0.2) is 0 Å². The minimum absolute atomic E-state index is 0.203. The van der Waals surface area contributed by atoms with E-state index in [0.717, 1.165) is 60.6 Å². The van der Waals surface area contributed by atoms with Crippen LogP contribution in [0.2, 0.25) is 0 Å². The number of alkyl halides is 3. The normalized spacial score (nSPS) is 24.6. The molecule has 2 aliphatic rings. The lowest BCUT2D eigenvalue weighted by Gasteiger charge is -2.46. The van der Waals surface area contributed by atoms with Gasteiger partial charge in [-0.25, -0.2) is 4.98 Å². The lowest BCUT2D eigenvalue weighted by Crippen LogP contribution is -2.43. The first kappa shape index (κ1) is 25.5. The van der Waals surface area contributed by atoms with Crippen molar-refractivity contribution in [2.75, 3.05) is 13.1 Å². The van der Waals surface area contributed by atoms with E-state index in [9.17, 15) is 13.2 Å². The maximum Gasteiger partial charge on any atom is 0.417 e. The Morgan fingerprint density at radius 3 is 2.61 bits per heavy atom. The second-order valence-corrected chi connectivity index (χ2v) is 12.4. The molecular formula is C29H32F3N5S. The monoisotopic (exact) mass is 539 g/mol. The molecule has 2 fully saturated rings. The molecule has 5 nitrogen and oxygen atoms in total. The molecule has 1 aliphatic carbocycles. The summed E-state index contributed by atoms with van der Waals surface area (Å²) in [7, 11) is 1.96. The summed E-state index contributed by atoms with van der Waals surface area (Å²) in [6, 6.07) is 11.3. The highest BCUT2D eigenvalue weighted by atomic mass is 32.1. The Bertz CT molecular complexity index is 1470. The Kier molecular flexibility index (Phi) is 6.34. The van der Waals surface area contributed by atoms with E-state index in [2.05, 4.69) is 41.1 Å². The van der Waals surface area contributed by atoms with Crippen LogP contribution < -0.4 is 0 Å². The van der Waals surface area contributed by atoms with Gasteiger partial charge in [-0.3, -0.25) is 4.90 Å². The number of hydrogen-bond acceptors (Lipinski definition) is 5. The van der Waals surface area contributed by atoms with Gasteiger partial charge in [0, 0.05) is 25.7 Å². The van der Waals surface area contributed by atoms with Gasteiger partial charge in [-0.1, -0.05) is 32.0 Å². The van der Waals surface area contributed by atoms with E-state index in [0.29, 0.717) is 34.5 Å². The van der Waals surface area contributed by atoms with E-state index >= 15 is 0 Å².